The van der Waals surface area contributed by atoms with Crippen LogP contribution in [-0.4, -0.2) is 24.9 Å². The molecule has 0 aliphatic rings. The molecule has 0 atom stereocenters. The maximum atomic E-state index is 12.3. The van der Waals surface area contributed by atoms with Crippen molar-refractivity contribution in [2.24, 2.45) is 0 Å². The van der Waals surface area contributed by atoms with E-state index in [-0.39, 0.29) is 18.4 Å². The van der Waals surface area contributed by atoms with Crippen molar-refractivity contribution in [3.05, 3.63) is 95.6 Å². The van der Waals surface area contributed by atoms with Gasteiger partial charge in [-0.15, -0.1) is 0 Å². The van der Waals surface area contributed by atoms with E-state index in [1.807, 2.05) is 42.5 Å². The van der Waals surface area contributed by atoms with Gasteiger partial charge in [-0.1, -0.05) is 73.7 Å². The molecule has 4 nitrogen and oxygen atoms in total. The van der Waals surface area contributed by atoms with Crippen molar-refractivity contribution in [3.63, 3.8) is 0 Å². The monoisotopic (exact) mass is 386 g/mol. The van der Waals surface area contributed by atoms with E-state index < -0.39 is 0 Å². The highest BCUT2D eigenvalue weighted by Crippen LogP contribution is 2.20. The minimum Gasteiger partial charge on any atom is -0.354 e. The Morgan fingerprint density at radius 2 is 1.34 bits per heavy atom. The molecule has 0 aromatic heterocycles. The molecule has 2 amide bonds. The Morgan fingerprint density at radius 3 is 1.97 bits per heavy atom. The molecule has 0 radical (unpaired) electrons. The Balaban J connectivity index is 1.45. The molecule has 3 aromatic rings. The average molecular weight is 386 g/mol. The van der Waals surface area contributed by atoms with Gasteiger partial charge >= 0.3 is 0 Å². The van der Waals surface area contributed by atoms with Gasteiger partial charge in [-0.25, -0.2) is 0 Å². The lowest BCUT2D eigenvalue weighted by atomic mass is 10.0. The number of nitrogens with one attached hydrogen (secondary N) is 2. The van der Waals surface area contributed by atoms with E-state index in [0.717, 1.165) is 24.0 Å². The summed E-state index contributed by atoms with van der Waals surface area (Å²) in [7, 11) is 0. The van der Waals surface area contributed by atoms with Gasteiger partial charge in [0.25, 0.3) is 5.91 Å². The fourth-order valence-corrected chi connectivity index (χ4v) is 3.06. The summed E-state index contributed by atoms with van der Waals surface area (Å²) in [5.74, 6) is -0.446. The number of hydrogen-bond acceptors (Lipinski definition) is 2. The number of carbonyl (C=O) groups is 2. The van der Waals surface area contributed by atoms with Gasteiger partial charge in [-0.3, -0.25) is 9.59 Å². The second kappa shape index (κ2) is 10.2. The molecule has 29 heavy (non-hydrogen) atoms. The van der Waals surface area contributed by atoms with Crippen LogP contribution >= 0.6 is 0 Å². The normalized spacial score (nSPS) is 10.4. The van der Waals surface area contributed by atoms with Crippen LogP contribution in [0.1, 0.15) is 28.4 Å². The summed E-state index contributed by atoms with van der Waals surface area (Å²) in [6.07, 6.45) is 1.78. The zero-order chi connectivity index (χ0) is 20.5. The van der Waals surface area contributed by atoms with Crippen molar-refractivity contribution in [2.75, 3.05) is 13.1 Å². The minimum atomic E-state index is -0.254. The molecule has 0 aliphatic heterocycles. The lowest BCUT2D eigenvalue weighted by Crippen LogP contribution is -2.37. The highest BCUT2D eigenvalue weighted by Gasteiger charge is 2.08. The number of amides is 2. The Morgan fingerprint density at radius 1 is 0.724 bits per heavy atom. The molecule has 0 aliphatic carbocycles. The summed E-state index contributed by atoms with van der Waals surface area (Å²) in [5, 5.41) is 5.49. The molecule has 0 saturated carbocycles. The van der Waals surface area contributed by atoms with Crippen LogP contribution in [0, 0.1) is 0 Å². The molecular formula is C25H26N2O2. The predicted molar refractivity (Wildman–Crippen MR) is 117 cm³/mol. The van der Waals surface area contributed by atoms with E-state index in [2.05, 4.69) is 41.8 Å². The number of benzene rings is 3. The first-order chi connectivity index (χ1) is 14.2. The van der Waals surface area contributed by atoms with Crippen LogP contribution in [0.3, 0.4) is 0 Å². The Hall–Kier alpha value is -3.40. The van der Waals surface area contributed by atoms with Crippen LogP contribution in [0.5, 0.6) is 0 Å². The van der Waals surface area contributed by atoms with Gasteiger partial charge in [0.1, 0.15) is 0 Å². The number of rotatable bonds is 8. The largest absolute Gasteiger partial charge is 0.354 e. The highest BCUT2D eigenvalue weighted by molar-refractivity contribution is 5.96. The van der Waals surface area contributed by atoms with Crippen LogP contribution in [-0.2, 0) is 17.6 Å². The van der Waals surface area contributed by atoms with Gasteiger partial charge in [0.15, 0.2) is 0 Å². The summed E-state index contributed by atoms with van der Waals surface area (Å²) < 4.78 is 0. The van der Waals surface area contributed by atoms with Gasteiger partial charge in [0.2, 0.25) is 5.91 Å². The molecule has 0 heterocycles. The smallest absolute Gasteiger partial charge is 0.251 e. The molecule has 0 spiro atoms. The van der Waals surface area contributed by atoms with Gasteiger partial charge in [-0.2, -0.15) is 0 Å². The Labute approximate surface area is 172 Å². The van der Waals surface area contributed by atoms with Crippen molar-refractivity contribution in [3.8, 4) is 11.1 Å². The third-order valence-electron chi connectivity index (χ3n) is 4.83. The lowest BCUT2D eigenvalue weighted by molar-refractivity contribution is -0.120. The molecule has 148 valence electrons. The third kappa shape index (κ3) is 6.04. The van der Waals surface area contributed by atoms with E-state index in [1.54, 1.807) is 12.1 Å². The minimum absolute atomic E-state index is 0.0339. The van der Waals surface area contributed by atoms with E-state index in [0.29, 0.717) is 12.1 Å². The first-order valence-electron chi connectivity index (χ1n) is 9.94. The van der Waals surface area contributed by atoms with Crippen molar-refractivity contribution < 1.29 is 9.59 Å². The van der Waals surface area contributed by atoms with Crippen LogP contribution in [0.4, 0.5) is 0 Å². The third-order valence-corrected chi connectivity index (χ3v) is 4.83. The fourth-order valence-electron chi connectivity index (χ4n) is 3.06. The molecule has 0 saturated heterocycles. The zero-order valence-corrected chi connectivity index (χ0v) is 16.7. The van der Waals surface area contributed by atoms with E-state index >= 15 is 0 Å². The van der Waals surface area contributed by atoms with Gasteiger partial charge < -0.3 is 10.6 Å². The average Bonchev–Trinajstić information content (AvgIpc) is 2.78. The molecular weight excluding hydrogens is 360 g/mol. The topological polar surface area (TPSA) is 58.2 Å². The number of aryl methyl sites for hydroxylation is 1. The first-order valence-corrected chi connectivity index (χ1v) is 9.94. The molecule has 0 fully saturated rings. The van der Waals surface area contributed by atoms with Gasteiger partial charge in [0, 0.05) is 12.1 Å². The predicted octanol–water partition coefficient (Wildman–Crippen LogP) is 4.00. The van der Waals surface area contributed by atoms with Crippen LogP contribution < -0.4 is 10.6 Å². The van der Waals surface area contributed by atoms with Crippen molar-refractivity contribution in [2.45, 2.75) is 19.8 Å². The van der Waals surface area contributed by atoms with E-state index in [9.17, 15) is 9.59 Å². The SMILES string of the molecule is CCc1ccc(-c2ccc(C(=O)NCC(=O)NCCc3ccccc3)cc2)cc1. The van der Waals surface area contributed by atoms with Crippen molar-refractivity contribution >= 4 is 11.8 Å². The standard InChI is InChI=1S/C25H26N2O2/c1-2-19-8-10-21(11-9-19)22-12-14-23(15-13-22)25(29)27-18-24(28)26-17-16-20-6-4-3-5-7-20/h3-15H,2,16-18H2,1H3,(H,26,28)(H,27,29). The Bertz CT molecular complexity index is 933. The summed E-state index contributed by atoms with van der Waals surface area (Å²) >= 11 is 0. The van der Waals surface area contributed by atoms with Gasteiger partial charge in [0.05, 0.1) is 6.54 Å². The molecule has 0 unspecified atom stereocenters. The first kappa shape index (κ1) is 20.3. The van der Waals surface area contributed by atoms with Crippen LogP contribution in [0.25, 0.3) is 11.1 Å². The maximum Gasteiger partial charge on any atom is 0.251 e. The molecule has 3 rings (SSSR count). The van der Waals surface area contributed by atoms with E-state index in [1.165, 1.54) is 11.1 Å². The molecule has 4 heteroatoms. The molecule has 0 bridgehead atoms. The van der Waals surface area contributed by atoms with E-state index in [4.69, 9.17) is 0 Å². The second-order valence-electron chi connectivity index (χ2n) is 6.90. The molecule has 3 aromatic carbocycles. The fraction of sp³-hybridized carbons (Fsp3) is 0.200. The highest BCUT2D eigenvalue weighted by atomic mass is 16.2. The lowest BCUT2D eigenvalue weighted by Gasteiger charge is -2.08. The van der Waals surface area contributed by atoms with Crippen molar-refractivity contribution in [1.29, 1.82) is 0 Å². The van der Waals surface area contributed by atoms with Crippen molar-refractivity contribution in [1.82, 2.24) is 10.6 Å². The second-order valence-corrected chi connectivity index (χ2v) is 6.90. The maximum absolute atomic E-state index is 12.3. The number of carbonyl (C=O) groups excluding carboxylic acids is 2. The summed E-state index contributed by atoms with van der Waals surface area (Å²) in [6.45, 7) is 2.64. The summed E-state index contributed by atoms with van der Waals surface area (Å²) in [4.78, 5) is 24.2. The zero-order valence-electron chi connectivity index (χ0n) is 16.7. The Kier molecular flexibility index (Phi) is 7.17. The number of hydrogen-bond donors (Lipinski definition) is 2. The van der Waals surface area contributed by atoms with Crippen LogP contribution in [0.15, 0.2) is 78.9 Å². The summed E-state index contributed by atoms with van der Waals surface area (Å²) in [6, 6.07) is 25.8. The van der Waals surface area contributed by atoms with Crippen LogP contribution in [0.2, 0.25) is 0 Å². The van der Waals surface area contributed by atoms with Gasteiger partial charge in [-0.05, 0) is 47.2 Å². The quantitative estimate of drug-likeness (QED) is 0.615. The molecule has 2 N–H and O–H groups in total. The summed E-state index contributed by atoms with van der Waals surface area (Å²) in [5.41, 5.74) is 5.18.